The van der Waals surface area contributed by atoms with E-state index in [1.165, 1.54) is 0 Å². The standard InChI is InChI=1S/C5H10O6/c6-1-3(7)5(10)11-2-4(8)9/h3-4,6-9H,1-2H2. The highest BCUT2D eigenvalue weighted by Gasteiger charge is 2.15. The summed E-state index contributed by atoms with van der Waals surface area (Å²) in [6.07, 6.45) is -3.38. The van der Waals surface area contributed by atoms with Crippen LogP contribution < -0.4 is 0 Å². The molecule has 11 heavy (non-hydrogen) atoms. The van der Waals surface area contributed by atoms with E-state index in [1.54, 1.807) is 0 Å². The van der Waals surface area contributed by atoms with Gasteiger partial charge < -0.3 is 25.2 Å². The molecular formula is C5H10O6. The first kappa shape index (κ1) is 10.3. The molecule has 1 unspecified atom stereocenters. The molecule has 0 aliphatic heterocycles. The Balaban J connectivity index is 3.52. The van der Waals surface area contributed by atoms with Gasteiger partial charge in [-0.05, 0) is 0 Å². The van der Waals surface area contributed by atoms with Crippen LogP contribution in [0.25, 0.3) is 0 Å². The van der Waals surface area contributed by atoms with Gasteiger partial charge in [-0.2, -0.15) is 0 Å². The van der Waals surface area contributed by atoms with Crippen LogP contribution in [0.2, 0.25) is 0 Å². The lowest BCUT2D eigenvalue weighted by Crippen LogP contribution is -2.29. The molecule has 1 atom stereocenters. The molecule has 0 heterocycles. The minimum atomic E-state index is -1.76. The van der Waals surface area contributed by atoms with E-state index in [9.17, 15) is 4.79 Å². The summed E-state index contributed by atoms with van der Waals surface area (Å²) in [7, 11) is 0. The Morgan fingerprint density at radius 1 is 1.36 bits per heavy atom. The summed E-state index contributed by atoms with van der Waals surface area (Å²) in [5.74, 6) is -1.08. The molecule has 0 aromatic rings. The van der Waals surface area contributed by atoms with Crippen molar-refractivity contribution in [1.82, 2.24) is 0 Å². The van der Waals surface area contributed by atoms with Gasteiger partial charge in [0.25, 0.3) is 0 Å². The third kappa shape index (κ3) is 4.68. The summed E-state index contributed by atoms with van der Waals surface area (Å²) in [6, 6.07) is 0. The number of hydrogen-bond acceptors (Lipinski definition) is 6. The van der Waals surface area contributed by atoms with Crippen LogP contribution in [-0.4, -0.2) is 52.0 Å². The van der Waals surface area contributed by atoms with Crippen molar-refractivity contribution < 1.29 is 30.0 Å². The molecule has 0 aromatic carbocycles. The zero-order valence-corrected chi connectivity index (χ0v) is 5.67. The maximum absolute atomic E-state index is 10.4. The van der Waals surface area contributed by atoms with Crippen LogP contribution in [0.3, 0.4) is 0 Å². The molecule has 0 aliphatic carbocycles. The van der Waals surface area contributed by atoms with Crippen molar-refractivity contribution in [2.75, 3.05) is 13.2 Å². The van der Waals surface area contributed by atoms with Crippen LogP contribution in [0.1, 0.15) is 0 Å². The van der Waals surface area contributed by atoms with Crippen LogP contribution >= 0.6 is 0 Å². The monoisotopic (exact) mass is 166 g/mol. The fourth-order valence-electron chi connectivity index (χ4n) is 0.327. The minimum Gasteiger partial charge on any atom is -0.458 e. The predicted octanol–water partition coefficient (Wildman–Crippen LogP) is -2.81. The maximum atomic E-state index is 10.4. The number of aliphatic hydroxyl groups is 4. The lowest BCUT2D eigenvalue weighted by atomic mass is 10.4. The molecule has 4 N–H and O–H groups in total. The number of carbonyl (C=O) groups excluding carboxylic acids is 1. The quantitative estimate of drug-likeness (QED) is 0.265. The molecular weight excluding hydrogens is 156 g/mol. The first-order valence-electron chi connectivity index (χ1n) is 2.89. The van der Waals surface area contributed by atoms with Gasteiger partial charge in [-0.15, -0.1) is 0 Å². The van der Waals surface area contributed by atoms with Crippen LogP contribution in [0.5, 0.6) is 0 Å². The second kappa shape index (κ2) is 5.03. The summed E-state index contributed by atoms with van der Waals surface area (Å²) in [6.45, 7) is -1.36. The number of ether oxygens (including phenoxy) is 1. The van der Waals surface area contributed by atoms with Crippen molar-refractivity contribution in [3.05, 3.63) is 0 Å². The van der Waals surface area contributed by atoms with E-state index in [-0.39, 0.29) is 0 Å². The fraction of sp³-hybridized carbons (Fsp3) is 0.800. The second-order valence-corrected chi connectivity index (χ2v) is 1.81. The number of rotatable bonds is 4. The molecule has 0 saturated heterocycles. The SMILES string of the molecule is O=C(OCC(O)O)C(O)CO. The zero-order chi connectivity index (χ0) is 8.85. The molecule has 0 aromatic heterocycles. The van der Waals surface area contributed by atoms with Crippen molar-refractivity contribution in [2.45, 2.75) is 12.4 Å². The second-order valence-electron chi connectivity index (χ2n) is 1.81. The highest BCUT2D eigenvalue weighted by Crippen LogP contribution is 1.88. The normalized spacial score (nSPS) is 13.2. The number of aliphatic hydroxyl groups excluding tert-OH is 3. The Labute approximate surface area is 62.7 Å². The average molecular weight is 166 g/mol. The van der Waals surface area contributed by atoms with Crippen LogP contribution in [0.4, 0.5) is 0 Å². The summed E-state index contributed by atoms with van der Waals surface area (Å²) in [5.41, 5.74) is 0. The molecule has 0 amide bonds. The van der Waals surface area contributed by atoms with E-state index < -0.39 is 31.6 Å². The smallest absolute Gasteiger partial charge is 0.337 e. The lowest BCUT2D eigenvalue weighted by Gasteiger charge is -2.08. The van der Waals surface area contributed by atoms with Gasteiger partial charge in [-0.3, -0.25) is 0 Å². The van der Waals surface area contributed by atoms with Gasteiger partial charge in [0.05, 0.1) is 6.61 Å². The predicted molar refractivity (Wildman–Crippen MR) is 32.3 cm³/mol. The van der Waals surface area contributed by atoms with Crippen molar-refractivity contribution in [1.29, 1.82) is 0 Å². The van der Waals surface area contributed by atoms with E-state index in [0.29, 0.717) is 0 Å². The van der Waals surface area contributed by atoms with E-state index in [2.05, 4.69) is 4.74 Å². The largest absolute Gasteiger partial charge is 0.458 e. The van der Waals surface area contributed by atoms with Crippen LogP contribution in [-0.2, 0) is 9.53 Å². The molecule has 0 saturated carbocycles. The summed E-state index contributed by atoms with van der Waals surface area (Å²) >= 11 is 0. The Kier molecular flexibility index (Phi) is 4.71. The molecule has 6 heteroatoms. The summed E-state index contributed by atoms with van der Waals surface area (Å²) in [5, 5.41) is 33.1. The van der Waals surface area contributed by atoms with Gasteiger partial charge in [-0.1, -0.05) is 0 Å². The maximum Gasteiger partial charge on any atom is 0.337 e. The molecule has 0 aliphatic rings. The Morgan fingerprint density at radius 3 is 2.27 bits per heavy atom. The van der Waals surface area contributed by atoms with Gasteiger partial charge in [0.2, 0.25) is 0 Å². The summed E-state index contributed by atoms with van der Waals surface area (Å²) in [4.78, 5) is 10.4. The average Bonchev–Trinajstić information content (AvgIpc) is 1.98. The zero-order valence-electron chi connectivity index (χ0n) is 5.67. The van der Waals surface area contributed by atoms with Crippen molar-refractivity contribution in [3.63, 3.8) is 0 Å². The topological polar surface area (TPSA) is 107 Å². The first-order valence-corrected chi connectivity index (χ1v) is 2.89. The Bertz CT molecular complexity index is 122. The van der Waals surface area contributed by atoms with Gasteiger partial charge in [-0.25, -0.2) is 4.79 Å². The van der Waals surface area contributed by atoms with E-state index in [4.69, 9.17) is 20.4 Å². The summed E-state index contributed by atoms with van der Waals surface area (Å²) < 4.78 is 4.11. The first-order chi connectivity index (χ1) is 5.07. The third-order valence-corrected chi connectivity index (χ3v) is 0.820. The fourth-order valence-corrected chi connectivity index (χ4v) is 0.327. The minimum absolute atomic E-state index is 0.615. The van der Waals surface area contributed by atoms with Gasteiger partial charge in [0.1, 0.15) is 6.61 Å². The van der Waals surface area contributed by atoms with Crippen molar-refractivity contribution >= 4 is 5.97 Å². The molecule has 0 fully saturated rings. The highest BCUT2D eigenvalue weighted by atomic mass is 16.6. The van der Waals surface area contributed by atoms with E-state index >= 15 is 0 Å². The van der Waals surface area contributed by atoms with E-state index in [0.717, 1.165) is 0 Å². The molecule has 6 nitrogen and oxygen atoms in total. The van der Waals surface area contributed by atoms with Crippen molar-refractivity contribution in [3.8, 4) is 0 Å². The third-order valence-electron chi connectivity index (χ3n) is 0.820. The number of hydrogen-bond donors (Lipinski definition) is 4. The lowest BCUT2D eigenvalue weighted by molar-refractivity contribution is -0.167. The van der Waals surface area contributed by atoms with Gasteiger partial charge >= 0.3 is 5.97 Å². The Hall–Kier alpha value is -0.690. The molecule has 0 bridgehead atoms. The highest BCUT2D eigenvalue weighted by molar-refractivity contribution is 5.74. The molecule has 0 radical (unpaired) electrons. The van der Waals surface area contributed by atoms with Crippen LogP contribution in [0, 0.1) is 0 Å². The van der Waals surface area contributed by atoms with Gasteiger partial charge in [0, 0.05) is 0 Å². The van der Waals surface area contributed by atoms with Crippen molar-refractivity contribution in [2.24, 2.45) is 0 Å². The van der Waals surface area contributed by atoms with E-state index in [1.807, 2.05) is 0 Å². The number of carbonyl (C=O) groups is 1. The Morgan fingerprint density at radius 2 is 1.91 bits per heavy atom. The molecule has 66 valence electrons. The molecule has 0 rings (SSSR count). The van der Waals surface area contributed by atoms with Gasteiger partial charge in [0.15, 0.2) is 12.4 Å². The molecule has 0 spiro atoms. The number of esters is 1. The van der Waals surface area contributed by atoms with Crippen LogP contribution in [0.15, 0.2) is 0 Å².